The average molecular weight is 432 g/mol. The van der Waals surface area contributed by atoms with Gasteiger partial charge in [-0.15, -0.1) is 0 Å². The molecule has 0 saturated carbocycles. The van der Waals surface area contributed by atoms with Crippen LogP contribution in [0.2, 0.25) is 10.0 Å². The third-order valence-electron chi connectivity index (χ3n) is 3.73. The van der Waals surface area contributed by atoms with Gasteiger partial charge in [0.2, 0.25) is 5.88 Å². The lowest BCUT2D eigenvalue weighted by Crippen LogP contribution is -2.11. The molecule has 3 aromatic rings. The number of hydrogen-bond donors (Lipinski definition) is 0. The monoisotopic (exact) mass is 431 g/mol. The predicted octanol–water partition coefficient (Wildman–Crippen LogP) is 6.50. The van der Waals surface area contributed by atoms with E-state index in [1.807, 2.05) is 0 Å². The lowest BCUT2D eigenvalue weighted by Gasteiger charge is -2.19. The highest BCUT2D eigenvalue weighted by Gasteiger charge is 2.31. The van der Waals surface area contributed by atoms with E-state index < -0.39 is 23.3 Å². The number of hydrogen-bond acceptors (Lipinski definition) is 4. The number of anilines is 2. The zero-order valence-corrected chi connectivity index (χ0v) is 15.6. The van der Waals surface area contributed by atoms with Gasteiger partial charge in [-0.05, 0) is 36.4 Å². The van der Waals surface area contributed by atoms with Crippen molar-refractivity contribution < 1.29 is 22.3 Å². The minimum absolute atomic E-state index is 0.130. The van der Waals surface area contributed by atoms with Crippen LogP contribution in [0, 0.1) is 5.82 Å². The molecule has 0 aliphatic rings. The van der Waals surface area contributed by atoms with Crippen LogP contribution in [0.1, 0.15) is 5.56 Å². The van der Waals surface area contributed by atoms with Crippen molar-refractivity contribution in [2.24, 2.45) is 0 Å². The molecule has 2 aromatic carbocycles. The highest BCUT2D eigenvalue weighted by Crippen LogP contribution is 2.35. The first-order valence-corrected chi connectivity index (χ1v) is 8.46. The van der Waals surface area contributed by atoms with E-state index in [2.05, 4.69) is 9.97 Å². The fourth-order valence-corrected chi connectivity index (χ4v) is 2.56. The summed E-state index contributed by atoms with van der Waals surface area (Å²) >= 11 is 11.9. The minimum Gasteiger partial charge on any atom is -0.436 e. The first-order chi connectivity index (χ1) is 13.1. The van der Waals surface area contributed by atoms with E-state index in [4.69, 9.17) is 27.9 Å². The molecule has 3 rings (SSSR count). The number of benzene rings is 2. The number of nitrogens with zero attached hydrogens (tertiary/aromatic N) is 3. The second-order valence-electron chi connectivity index (χ2n) is 5.62. The summed E-state index contributed by atoms with van der Waals surface area (Å²) < 4.78 is 57.6. The molecule has 0 atom stereocenters. The molecule has 0 aliphatic carbocycles. The van der Waals surface area contributed by atoms with Gasteiger partial charge in [0.1, 0.15) is 12.1 Å². The molecule has 146 valence electrons. The van der Waals surface area contributed by atoms with Crippen molar-refractivity contribution in [1.29, 1.82) is 0 Å². The predicted molar refractivity (Wildman–Crippen MR) is 98.0 cm³/mol. The third-order valence-corrected chi connectivity index (χ3v) is 4.47. The maximum atomic E-state index is 13.9. The Morgan fingerprint density at radius 1 is 0.964 bits per heavy atom. The normalized spacial score (nSPS) is 11.4. The number of aromatic nitrogens is 2. The molecule has 0 bridgehead atoms. The highest BCUT2D eigenvalue weighted by atomic mass is 35.5. The van der Waals surface area contributed by atoms with Crippen molar-refractivity contribution in [3.63, 3.8) is 0 Å². The Bertz CT molecular complexity index is 1010. The van der Waals surface area contributed by atoms with Gasteiger partial charge < -0.3 is 9.64 Å². The molecule has 1 aromatic heterocycles. The summed E-state index contributed by atoms with van der Waals surface area (Å²) in [5, 5.41) is 0.716. The van der Waals surface area contributed by atoms with E-state index in [0.29, 0.717) is 39.7 Å². The van der Waals surface area contributed by atoms with Crippen LogP contribution in [-0.2, 0) is 6.18 Å². The molecule has 0 N–H and O–H groups in total. The fraction of sp³-hybridized carbons (Fsp3) is 0.111. The van der Waals surface area contributed by atoms with E-state index in [1.54, 1.807) is 30.1 Å². The summed E-state index contributed by atoms with van der Waals surface area (Å²) in [4.78, 5) is 9.52. The Balaban J connectivity index is 1.89. The van der Waals surface area contributed by atoms with Crippen LogP contribution in [0.25, 0.3) is 0 Å². The van der Waals surface area contributed by atoms with Crippen LogP contribution in [0.5, 0.6) is 11.6 Å². The molecule has 0 aliphatic heterocycles. The van der Waals surface area contributed by atoms with E-state index in [0.717, 1.165) is 6.33 Å². The number of alkyl halides is 3. The minimum atomic E-state index is -4.63. The summed E-state index contributed by atoms with van der Waals surface area (Å²) in [6.07, 6.45) is -3.49. The first-order valence-electron chi connectivity index (χ1n) is 7.70. The van der Waals surface area contributed by atoms with Crippen LogP contribution in [-0.4, -0.2) is 17.0 Å². The van der Waals surface area contributed by atoms with Crippen molar-refractivity contribution in [1.82, 2.24) is 9.97 Å². The van der Waals surface area contributed by atoms with Crippen molar-refractivity contribution in [2.75, 3.05) is 11.9 Å². The van der Waals surface area contributed by atoms with Crippen LogP contribution in [0.3, 0.4) is 0 Å². The molecular weight excluding hydrogens is 421 g/mol. The SMILES string of the molecule is CN(c1ccc(Cl)c(Cl)c1)c1cc(Oc2cc(C(F)(F)F)ccc2F)ncn1. The van der Waals surface area contributed by atoms with Gasteiger partial charge in [-0.1, -0.05) is 23.2 Å². The van der Waals surface area contributed by atoms with E-state index in [1.165, 1.54) is 6.07 Å². The maximum absolute atomic E-state index is 13.9. The van der Waals surface area contributed by atoms with Gasteiger partial charge in [0.05, 0.1) is 15.6 Å². The molecule has 28 heavy (non-hydrogen) atoms. The molecule has 1 heterocycles. The number of ether oxygens (including phenoxy) is 1. The molecule has 0 radical (unpaired) electrons. The van der Waals surface area contributed by atoms with Crippen LogP contribution >= 0.6 is 23.2 Å². The zero-order chi connectivity index (χ0) is 20.5. The number of halogens is 6. The smallest absolute Gasteiger partial charge is 0.416 e. The summed E-state index contributed by atoms with van der Waals surface area (Å²) in [6.45, 7) is 0. The van der Waals surface area contributed by atoms with Gasteiger partial charge in [0.15, 0.2) is 11.6 Å². The quantitative estimate of drug-likeness (QED) is 0.441. The second-order valence-corrected chi connectivity index (χ2v) is 6.43. The molecule has 0 saturated heterocycles. The molecule has 10 heteroatoms. The highest BCUT2D eigenvalue weighted by molar-refractivity contribution is 6.42. The fourth-order valence-electron chi connectivity index (χ4n) is 2.27. The summed E-state index contributed by atoms with van der Waals surface area (Å²) in [5.41, 5.74) is -0.393. The Morgan fingerprint density at radius 2 is 1.71 bits per heavy atom. The van der Waals surface area contributed by atoms with Crippen molar-refractivity contribution in [3.05, 3.63) is 70.2 Å². The van der Waals surface area contributed by atoms with Crippen LogP contribution in [0.4, 0.5) is 29.1 Å². The van der Waals surface area contributed by atoms with Crippen LogP contribution < -0.4 is 9.64 Å². The topological polar surface area (TPSA) is 38.2 Å². The van der Waals surface area contributed by atoms with Crippen molar-refractivity contribution >= 4 is 34.7 Å². The van der Waals surface area contributed by atoms with Gasteiger partial charge in [-0.25, -0.2) is 14.4 Å². The average Bonchev–Trinajstić information content (AvgIpc) is 2.64. The largest absolute Gasteiger partial charge is 0.436 e. The van der Waals surface area contributed by atoms with Crippen LogP contribution in [0.15, 0.2) is 48.8 Å². The lowest BCUT2D eigenvalue weighted by atomic mass is 10.2. The van der Waals surface area contributed by atoms with E-state index in [9.17, 15) is 17.6 Å². The lowest BCUT2D eigenvalue weighted by molar-refractivity contribution is -0.137. The molecule has 0 amide bonds. The summed E-state index contributed by atoms with van der Waals surface area (Å²) in [6, 6.07) is 8.14. The van der Waals surface area contributed by atoms with E-state index in [-0.39, 0.29) is 5.88 Å². The standard InChI is InChI=1S/C18H11Cl2F4N3O/c1-27(11-3-4-12(19)13(20)7-11)16-8-17(26-9-25-16)28-15-6-10(18(22,23)24)2-5-14(15)21/h2-9H,1H3. The zero-order valence-electron chi connectivity index (χ0n) is 14.1. The van der Waals surface area contributed by atoms with Crippen molar-refractivity contribution in [2.45, 2.75) is 6.18 Å². The number of rotatable bonds is 4. The molecule has 4 nitrogen and oxygen atoms in total. The Morgan fingerprint density at radius 3 is 2.39 bits per heavy atom. The molecule has 0 spiro atoms. The Kier molecular flexibility index (Phi) is 5.62. The van der Waals surface area contributed by atoms with Gasteiger partial charge in [-0.3, -0.25) is 0 Å². The molecule has 0 unspecified atom stereocenters. The first kappa shape index (κ1) is 20.2. The van der Waals surface area contributed by atoms with Gasteiger partial charge in [-0.2, -0.15) is 13.2 Å². The van der Waals surface area contributed by atoms with Gasteiger partial charge in [0.25, 0.3) is 0 Å². The molecular formula is C18H11Cl2F4N3O. The molecule has 0 fully saturated rings. The third kappa shape index (κ3) is 4.45. The van der Waals surface area contributed by atoms with Gasteiger partial charge >= 0.3 is 6.18 Å². The Labute approximate surface area is 167 Å². The Hall–Kier alpha value is -2.58. The summed E-state index contributed by atoms with van der Waals surface area (Å²) in [5.74, 6) is -1.34. The van der Waals surface area contributed by atoms with Gasteiger partial charge in [0, 0.05) is 18.8 Å². The second kappa shape index (κ2) is 7.81. The maximum Gasteiger partial charge on any atom is 0.416 e. The summed E-state index contributed by atoms with van der Waals surface area (Å²) in [7, 11) is 1.68. The van der Waals surface area contributed by atoms with E-state index >= 15 is 0 Å². The van der Waals surface area contributed by atoms with Crippen molar-refractivity contribution in [3.8, 4) is 11.6 Å².